The molecule has 0 fully saturated rings. The van der Waals surface area contributed by atoms with Gasteiger partial charge >= 0.3 is 31.7 Å². The molecule has 0 spiro atoms. The van der Waals surface area contributed by atoms with Crippen LogP contribution in [-0.4, -0.2) is 78.5 Å². The van der Waals surface area contributed by atoms with Gasteiger partial charge in [0.25, 0.3) is 0 Å². The van der Waals surface area contributed by atoms with Crippen LogP contribution in [0.25, 0.3) is 0 Å². The van der Waals surface area contributed by atoms with Gasteiger partial charge in [0.2, 0.25) is 0 Å². The maximum atomic E-state index is 12.3. The van der Waals surface area contributed by atoms with Crippen molar-refractivity contribution in [2.75, 3.05) is 26.4 Å². The predicted molar refractivity (Wildman–Crippen MR) is 125 cm³/mol. The summed E-state index contributed by atoms with van der Waals surface area (Å²) in [4.78, 5) is 56.2. The molecule has 0 aromatic rings. The van der Waals surface area contributed by atoms with Crippen LogP contribution < -0.4 is 11.5 Å². The Hall–Kier alpha value is -2.09. The molecule has 3 atom stereocenters. The summed E-state index contributed by atoms with van der Waals surface area (Å²) in [7, 11) is -4.66. The van der Waals surface area contributed by atoms with Crippen LogP contribution in [0.5, 0.6) is 0 Å². The quantitative estimate of drug-likeness (QED) is 0.131. The molecular formula is C21H39N2O12P. The van der Waals surface area contributed by atoms with E-state index in [4.69, 9.17) is 39.5 Å². The second-order valence-electron chi connectivity index (χ2n) is 9.55. The Morgan fingerprint density at radius 1 is 0.778 bits per heavy atom. The Balaban J connectivity index is 4.98. The summed E-state index contributed by atoms with van der Waals surface area (Å²) in [5, 5.41) is 0. The SMILES string of the molecule is CC(=O)OC[C@H](CCOP(=O)(O)OCC(COC(=O)CC(C)(C)N)OC(=O)CC(C)(C)N)OC(C)=O. The molecule has 14 nitrogen and oxygen atoms in total. The summed E-state index contributed by atoms with van der Waals surface area (Å²) in [6.45, 7) is 6.97. The maximum absolute atomic E-state index is 12.3. The first-order chi connectivity index (χ1) is 16.3. The van der Waals surface area contributed by atoms with Gasteiger partial charge in [-0.15, -0.1) is 0 Å². The smallest absolute Gasteiger partial charge is 0.462 e. The Bertz CT molecular complexity index is 791. The third-order valence-corrected chi connectivity index (χ3v) is 4.84. The van der Waals surface area contributed by atoms with Crippen LogP contribution >= 0.6 is 7.82 Å². The van der Waals surface area contributed by atoms with E-state index in [9.17, 15) is 28.6 Å². The highest BCUT2D eigenvalue weighted by Gasteiger charge is 2.29. The molecule has 210 valence electrons. The number of ether oxygens (including phenoxy) is 4. The molecule has 0 aromatic carbocycles. The number of nitrogens with two attached hydrogens (primary N) is 2. The minimum Gasteiger partial charge on any atom is -0.462 e. The molecule has 0 amide bonds. The van der Waals surface area contributed by atoms with Crippen molar-refractivity contribution in [2.45, 2.75) is 84.1 Å². The molecule has 0 radical (unpaired) electrons. The molecule has 0 heterocycles. The largest absolute Gasteiger partial charge is 0.472 e. The molecule has 0 aliphatic rings. The van der Waals surface area contributed by atoms with Crippen molar-refractivity contribution in [1.29, 1.82) is 0 Å². The molecule has 36 heavy (non-hydrogen) atoms. The first-order valence-electron chi connectivity index (χ1n) is 11.1. The molecule has 0 saturated heterocycles. The highest BCUT2D eigenvalue weighted by Crippen LogP contribution is 2.43. The Morgan fingerprint density at radius 3 is 1.81 bits per heavy atom. The molecule has 0 bridgehead atoms. The molecule has 5 N–H and O–H groups in total. The van der Waals surface area contributed by atoms with Crippen molar-refractivity contribution >= 4 is 31.7 Å². The average molecular weight is 543 g/mol. The number of hydrogen-bond donors (Lipinski definition) is 3. The van der Waals surface area contributed by atoms with Crippen molar-refractivity contribution in [3.05, 3.63) is 0 Å². The van der Waals surface area contributed by atoms with E-state index in [2.05, 4.69) is 0 Å². The van der Waals surface area contributed by atoms with E-state index in [0.29, 0.717) is 0 Å². The molecule has 0 aromatic heterocycles. The maximum Gasteiger partial charge on any atom is 0.472 e. The van der Waals surface area contributed by atoms with Gasteiger partial charge in [-0.05, 0) is 27.7 Å². The Morgan fingerprint density at radius 2 is 1.31 bits per heavy atom. The highest BCUT2D eigenvalue weighted by molar-refractivity contribution is 7.47. The van der Waals surface area contributed by atoms with E-state index in [1.807, 2.05) is 0 Å². The first-order valence-corrected chi connectivity index (χ1v) is 12.6. The molecule has 0 saturated carbocycles. The van der Waals surface area contributed by atoms with Gasteiger partial charge in [0, 0.05) is 31.3 Å². The normalized spacial score (nSPS) is 15.2. The van der Waals surface area contributed by atoms with E-state index in [0.717, 1.165) is 6.92 Å². The molecular weight excluding hydrogens is 503 g/mol. The summed E-state index contributed by atoms with van der Waals surface area (Å²) >= 11 is 0. The van der Waals surface area contributed by atoms with Gasteiger partial charge in [-0.2, -0.15) is 0 Å². The monoisotopic (exact) mass is 542 g/mol. The summed E-state index contributed by atoms with van der Waals surface area (Å²) in [5.41, 5.74) is 9.85. The lowest BCUT2D eigenvalue weighted by atomic mass is 10.0. The van der Waals surface area contributed by atoms with E-state index < -0.39 is 74.8 Å². The van der Waals surface area contributed by atoms with Crippen molar-refractivity contribution < 1.29 is 56.6 Å². The van der Waals surface area contributed by atoms with Gasteiger partial charge in [-0.25, -0.2) is 4.57 Å². The fourth-order valence-electron chi connectivity index (χ4n) is 2.46. The number of carbonyl (C=O) groups excluding carboxylic acids is 4. The number of rotatable bonds is 17. The predicted octanol–water partition coefficient (Wildman–Crippen LogP) is 0.715. The van der Waals surface area contributed by atoms with E-state index >= 15 is 0 Å². The number of esters is 4. The van der Waals surface area contributed by atoms with Crippen molar-refractivity contribution in [3.8, 4) is 0 Å². The first kappa shape index (κ1) is 33.9. The summed E-state index contributed by atoms with van der Waals surface area (Å²) in [5.74, 6) is -2.66. The lowest BCUT2D eigenvalue weighted by Gasteiger charge is -2.23. The lowest BCUT2D eigenvalue weighted by molar-refractivity contribution is -0.162. The van der Waals surface area contributed by atoms with Crippen LogP contribution in [0.1, 0.15) is 60.8 Å². The van der Waals surface area contributed by atoms with Gasteiger partial charge in [-0.1, -0.05) is 0 Å². The van der Waals surface area contributed by atoms with Crippen LogP contribution in [0, 0.1) is 0 Å². The number of carbonyl (C=O) groups is 4. The standard InChI is InChI=1S/C21H39N2O12P/c1-14(24)30-11-16(34-15(2)25)7-8-32-36(28,29)33-13-17(35-19(27)10-21(5,6)23)12-31-18(26)9-20(3,4)22/h16-17H,7-13,22-23H2,1-6H3,(H,28,29)/t16-,17?/m0/s1. The van der Waals surface area contributed by atoms with Crippen molar-refractivity contribution in [1.82, 2.24) is 0 Å². The number of phosphoric acid groups is 1. The zero-order chi connectivity index (χ0) is 28.2. The Labute approximate surface area is 210 Å². The summed E-state index contributed by atoms with van der Waals surface area (Å²) < 4.78 is 42.0. The van der Waals surface area contributed by atoms with E-state index in [1.54, 1.807) is 27.7 Å². The van der Waals surface area contributed by atoms with Gasteiger partial charge in [0.1, 0.15) is 19.3 Å². The third-order valence-electron chi connectivity index (χ3n) is 3.85. The van der Waals surface area contributed by atoms with E-state index in [-0.39, 0.29) is 25.9 Å². The molecule has 0 aliphatic heterocycles. The van der Waals surface area contributed by atoms with Crippen molar-refractivity contribution in [2.24, 2.45) is 11.5 Å². The van der Waals surface area contributed by atoms with Gasteiger partial charge < -0.3 is 35.3 Å². The zero-order valence-corrected chi connectivity index (χ0v) is 22.5. The van der Waals surface area contributed by atoms with Crippen molar-refractivity contribution in [3.63, 3.8) is 0 Å². The molecule has 15 heteroatoms. The van der Waals surface area contributed by atoms with Crippen LogP contribution in [-0.2, 0) is 51.7 Å². The van der Waals surface area contributed by atoms with Gasteiger partial charge in [-0.3, -0.25) is 28.2 Å². The minimum absolute atomic E-state index is 0.0861. The molecule has 2 unspecified atom stereocenters. The minimum atomic E-state index is -4.66. The van der Waals surface area contributed by atoms with Crippen LogP contribution in [0.2, 0.25) is 0 Å². The van der Waals surface area contributed by atoms with Crippen LogP contribution in [0.3, 0.4) is 0 Å². The number of hydrogen-bond acceptors (Lipinski definition) is 13. The Kier molecular flexibility index (Phi) is 14.3. The average Bonchev–Trinajstić information content (AvgIpc) is 2.64. The van der Waals surface area contributed by atoms with E-state index in [1.165, 1.54) is 6.92 Å². The second kappa shape index (κ2) is 15.2. The van der Waals surface area contributed by atoms with Crippen LogP contribution in [0.15, 0.2) is 0 Å². The van der Waals surface area contributed by atoms with Crippen LogP contribution in [0.4, 0.5) is 0 Å². The van der Waals surface area contributed by atoms with Gasteiger partial charge in [0.05, 0.1) is 26.1 Å². The summed E-state index contributed by atoms with van der Waals surface area (Å²) in [6.07, 6.45) is -2.54. The highest BCUT2D eigenvalue weighted by atomic mass is 31.2. The zero-order valence-electron chi connectivity index (χ0n) is 21.6. The fourth-order valence-corrected chi connectivity index (χ4v) is 3.23. The summed E-state index contributed by atoms with van der Waals surface area (Å²) in [6, 6.07) is 0. The third kappa shape index (κ3) is 20.1. The molecule has 0 rings (SSSR count). The topological polar surface area (TPSA) is 213 Å². The fraction of sp³-hybridized carbons (Fsp3) is 0.810. The second-order valence-corrected chi connectivity index (χ2v) is 11.0. The van der Waals surface area contributed by atoms with Gasteiger partial charge in [0.15, 0.2) is 6.10 Å². The molecule has 0 aliphatic carbocycles. The lowest BCUT2D eigenvalue weighted by Crippen LogP contribution is -2.39. The number of phosphoric ester groups is 1.